The maximum atomic E-state index is 12.3. The molecule has 0 atom stereocenters. The van der Waals surface area contributed by atoms with Gasteiger partial charge in [0.15, 0.2) is 0 Å². The molecule has 0 saturated heterocycles. The number of anilines is 2. The molecule has 0 aliphatic rings. The van der Waals surface area contributed by atoms with Crippen LogP contribution < -0.4 is 10.6 Å². The first-order chi connectivity index (χ1) is 13.0. The van der Waals surface area contributed by atoms with Crippen molar-refractivity contribution in [1.29, 1.82) is 0 Å². The first kappa shape index (κ1) is 18.6. The van der Waals surface area contributed by atoms with Crippen molar-refractivity contribution >= 4 is 17.3 Å². The average Bonchev–Trinajstić information content (AvgIpc) is 2.69. The average molecular weight is 360 g/mol. The van der Waals surface area contributed by atoms with Gasteiger partial charge in [0.05, 0.1) is 24.1 Å². The number of nitrogens with one attached hydrogen (secondary N) is 2. The summed E-state index contributed by atoms with van der Waals surface area (Å²) in [6, 6.07) is 15.5. The summed E-state index contributed by atoms with van der Waals surface area (Å²) >= 11 is 0. The Balaban J connectivity index is 1.68. The van der Waals surface area contributed by atoms with E-state index in [1.165, 1.54) is 11.1 Å². The molecule has 0 bridgehead atoms. The minimum absolute atomic E-state index is 0.217. The molecule has 0 aliphatic heterocycles. The minimum Gasteiger partial charge on any atom is -0.354 e. The molecule has 2 aromatic heterocycles. The first-order valence-electron chi connectivity index (χ1n) is 9.05. The molecule has 138 valence electrons. The Bertz CT molecular complexity index is 905. The summed E-state index contributed by atoms with van der Waals surface area (Å²) in [6.45, 7) is 6.81. The number of pyridine rings is 2. The van der Waals surface area contributed by atoms with Gasteiger partial charge in [-0.25, -0.2) is 4.98 Å². The van der Waals surface area contributed by atoms with Crippen LogP contribution in [0.4, 0.5) is 11.4 Å². The standard InChI is InChI=1S/C22H24N4O/c1-15(2)19-9-6-7-16(3)21(19)26-18-10-11-20(24-14-18)22(27)25-13-17-8-4-5-12-23-17/h4-12,14-15,26H,13H2,1-3H3,(H,25,27). The molecule has 3 rings (SSSR count). The van der Waals surface area contributed by atoms with Gasteiger partial charge in [-0.2, -0.15) is 0 Å². The number of nitrogens with zero attached hydrogens (tertiary/aromatic N) is 2. The fraction of sp³-hybridized carbons (Fsp3) is 0.227. The Morgan fingerprint density at radius 3 is 2.56 bits per heavy atom. The van der Waals surface area contributed by atoms with E-state index in [2.05, 4.69) is 59.6 Å². The van der Waals surface area contributed by atoms with Crippen LogP contribution in [0.1, 0.15) is 47.1 Å². The van der Waals surface area contributed by atoms with Crippen molar-refractivity contribution in [3.05, 3.63) is 83.4 Å². The molecule has 3 aromatic rings. The van der Waals surface area contributed by atoms with E-state index in [0.29, 0.717) is 18.2 Å². The Morgan fingerprint density at radius 1 is 1.04 bits per heavy atom. The van der Waals surface area contributed by atoms with Crippen molar-refractivity contribution in [1.82, 2.24) is 15.3 Å². The zero-order valence-corrected chi connectivity index (χ0v) is 15.9. The molecule has 2 heterocycles. The minimum atomic E-state index is -0.217. The van der Waals surface area contributed by atoms with Crippen LogP contribution >= 0.6 is 0 Å². The number of aromatic nitrogens is 2. The van der Waals surface area contributed by atoms with Gasteiger partial charge in [0.1, 0.15) is 5.69 Å². The number of benzene rings is 1. The smallest absolute Gasteiger partial charge is 0.270 e. The lowest BCUT2D eigenvalue weighted by Crippen LogP contribution is -2.24. The van der Waals surface area contributed by atoms with Crippen molar-refractivity contribution in [2.24, 2.45) is 0 Å². The highest BCUT2D eigenvalue weighted by molar-refractivity contribution is 5.92. The van der Waals surface area contributed by atoms with Crippen LogP contribution in [0.2, 0.25) is 0 Å². The van der Waals surface area contributed by atoms with Crippen LogP contribution in [0.15, 0.2) is 60.9 Å². The number of rotatable bonds is 6. The zero-order valence-electron chi connectivity index (χ0n) is 15.9. The summed E-state index contributed by atoms with van der Waals surface area (Å²) in [7, 11) is 0. The quantitative estimate of drug-likeness (QED) is 0.675. The van der Waals surface area contributed by atoms with Crippen molar-refractivity contribution in [3.63, 3.8) is 0 Å². The van der Waals surface area contributed by atoms with E-state index >= 15 is 0 Å². The van der Waals surface area contributed by atoms with Gasteiger partial charge in [0.25, 0.3) is 5.91 Å². The lowest BCUT2D eigenvalue weighted by molar-refractivity contribution is 0.0945. The van der Waals surface area contributed by atoms with E-state index in [9.17, 15) is 4.79 Å². The van der Waals surface area contributed by atoms with Gasteiger partial charge < -0.3 is 10.6 Å². The first-order valence-corrected chi connectivity index (χ1v) is 9.05. The van der Waals surface area contributed by atoms with E-state index in [4.69, 9.17) is 0 Å². The molecule has 1 amide bonds. The summed E-state index contributed by atoms with van der Waals surface area (Å²) < 4.78 is 0. The summed E-state index contributed by atoms with van der Waals surface area (Å²) in [5.41, 5.74) is 5.58. The molecule has 0 unspecified atom stereocenters. The van der Waals surface area contributed by atoms with E-state index in [-0.39, 0.29) is 5.91 Å². The van der Waals surface area contributed by atoms with Crippen LogP contribution in [-0.4, -0.2) is 15.9 Å². The Morgan fingerprint density at radius 2 is 1.89 bits per heavy atom. The summed E-state index contributed by atoms with van der Waals surface area (Å²) in [5.74, 6) is 0.197. The van der Waals surface area contributed by atoms with E-state index in [0.717, 1.165) is 17.1 Å². The molecule has 0 radical (unpaired) electrons. The van der Waals surface area contributed by atoms with Gasteiger partial charge in [-0.1, -0.05) is 38.1 Å². The van der Waals surface area contributed by atoms with Crippen LogP contribution in [0.3, 0.4) is 0 Å². The molecule has 0 saturated carbocycles. The normalized spacial score (nSPS) is 10.7. The summed E-state index contributed by atoms with van der Waals surface area (Å²) in [5, 5.41) is 6.28. The van der Waals surface area contributed by atoms with Crippen LogP contribution in [0.5, 0.6) is 0 Å². The number of carbonyl (C=O) groups is 1. The second-order valence-electron chi connectivity index (χ2n) is 6.75. The van der Waals surface area contributed by atoms with Crippen molar-refractivity contribution in [2.75, 3.05) is 5.32 Å². The number of carbonyl (C=O) groups excluding carboxylic acids is 1. The number of para-hydroxylation sites is 1. The monoisotopic (exact) mass is 360 g/mol. The second-order valence-corrected chi connectivity index (χ2v) is 6.75. The molecule has 5 nitrogen and oxygen atoms in total. The van der Waals surface area contributed by atoms with Crippen molar-refractivity contribution < 1.29 is 4.79 Å². The van der Waals surface area contributed by atoms with E-state index in [1.54, 1.807) is 18.5 Å². The van der Waals surface area contributed by atoms with Crippen molar-refractivity contribution in [3.8, 4) is 0 Å². The summed E-state index contributed by atoms with van der Waals surface area (Å²) in [4.78, 5) is 20.8. The molecule has 0 fully saturated rings. The SMILES string of the molecule is Cc1cccc(C(C)C)c1Nc1ccc(C(=O)NCc2ccccn2)nc1. The van der Waals surface area contributed by atoms with Crippen molar-refractivity contribution in [2.45, 2.75) is 33.2 Å². The Labute approximate surface area is 159 Å². The maximum absolute atomic E-state index is 12.3. The molecule has 27 heavy (non-hydrogen) atoms. The highest BCUT2D eigenvalue weighted by Crippen LogP contribution is 2.29. The molecule has 5 heteroatoms. The third-order valence-corrected chi connectivity index (χ3v) is 4.35. The Kier molecular flexibility index (Phi) is 5.81. The largest absolute Gasteiger partial charge is 0.354 e. The Hall–Kier alpha value is -3.21. The highest BCUT2D eigenvalue weighted by Gasteiger charge is 2.11. The van der Waals surface area contributed by atoms with Gasteiger partial charge in [-0.3, -0.25) is 9.78 Å². The van der Waals surface area contributed by atoms with E-state index in [1.807, 2.05) is 24.3 Å². The van der Waals surface area contributed by atoms with Crippen LogP contribution in [0, 0.1) is 6.92 Å². The van der Waals surface area contributed by atoms with Gasteiger partial charge in [0.2, 0.25) is 0 Å². The lowest BCUT2D eigenvalue weighted by atomic mass is 9.98. The molecule has 1 aromatic carbocycles. The third kappa shape index (κ3) is 4.70. The third-order valence-electron chi connectivity index (χ3n) is 4.35. The fourth-order valence-corrected chi connectivity index (χ4v) is 2.85. The number of amides is 1. The van der Waals surface area contributed by atoms with Crippen LogP contribution in [-0.2, 0) is 6.54 Å². The molecular weight excluding hydrogens is 336 g/mol. The zero-order chi connectivity index (χ0) is 19.2. The van der Waals surface area contributed by atoms with Gasteiger partial charge in [-0.15, -0.1) is 0 Å². The molecule has 2 N–H and O–H groups in total. The predicted octanol–water partition coefficient (Wildman–Crippen LogP) is 4.58. The van der Waals surface area contributed by atoms with Crippen LogP contribution in [0.25, 0.3) is 0 Å². The van der Waals surface area contributed by atoms with E-state index < -0.39 is 0 Å². The highest BCUT2D eigenvalue weighted by atomic mass is 16.1. The summed E-state index contributed by atoms with van der Waals surface area (Å²) in [6.07, 6.45) is 3.39. The maximum Gasteiger partial charge on any atom is 0.270 e. The van der Waals surface area contributed by atoms with Gasteiger partial charge >= 0.3 is 0 Å². The van der Waals surface area contributed by atoms with Gasteiger partial charge in [-0.05, 0) is 48.2 Å². The number of aryl methyl sites for hydroxylation is 1. The number of hydrogen-bond acceptors (Lipinski definition) is 4. The number of hydrogen-bond donors (Lipinski definition) is 2. The molecular formula is C22H24N4O. The lowest BCUT2D eigenvalue weighted by Gasteiger charge is -2.17. The molecule has 0 spiro atoms. The fourth-order valence-electron chi connectivity index (χ4n) is 2.85. The topological polar surface area (TPSA) is 66.9 Å². The van der Waals surface area contributed by atoms with Gasteiger partial charge in [0, 0.05) is 11.9 Å². The molecule has 0 aliphatic carbocycles. The second kappa shape index (κ2) is 8.45. The predicted molar refractivity (Wildman–Crippen MR) is 108 cm³/mol.